The number of hydrogen-bond acceptors (Lipinski definition) is 4. The molecule has 1 aromatic rings. The van der Waals surface area contributed by atoms with Crippen LogP contribution in [0.5, 0.6) is 0 Å². The first kappa shape index (κ1) is 15.4. The minimum absolute atomic E-state index is 0.0429. The molecule has 1 atom stereocenters. The summed E-state index contributed by atoms with van der Waals surface area (Å²) in [6.07, 6.45) is 0. The normalized spacial score (nSPS) is 13.6. The highest BCUT2D eigenvalue weighted by atomic mass is 35.5. The third kappa shape index (κ3) is 3.93. The van der Waals surface area contributed by atoms with Gasteiger partial charge in [-0.15, -0.1) is 0 Å². The van der Waals surface area contributed by atoms with Gasteiger partial charge in [0.15, 0.2) is 0 Å². The second-order valence-electron chi connectivity index (χ2n) is 3.90. The average molecular weight is 294 g/mol. The number of sulfonamides is 1. The number of rotatable bonds is 6. The Labute approximate surface area is 112 Å². The quantitative estimate of drug-likeness (QED) is 0.825. The van der Waals surface area contributed by atoms with Crippen LogP contribution in [0.3, 0.4) is 0 Å². The lowest BCUT2D eigenvalue weighted by Gasteiger charge is -2.14. The molecule has 0 saturated heterocycles. The molecule has 1 aromatic carbocycles. The van der Waals surface area contributed by atoms with Crippen LogP contribution in [0.2, 0.25) is 5.02 Å². The summed E-state index contributed by atoms with van der Waals surface area (Å²) < 4.78 is 31.5. The second kappa shape index (κ2) is 6.49. The standard InChI is InChI=1S/C11H16ClNO4S/c1-8(7-17-2)13-18(15,16)11-5-9(6-14)3-4-10(11)12/h3-5,8,13-14H,6-7H2,1-2H3. The maximum absolute atomic E-state index is 12.1. The summed E-state index contributed by atoms with van der Waals surface area (Å²) >= 11 is 5.87. The van der Waals surface area contributed by atoms with Crippen molar-refractivity contribution in [3.8, 4) is 0 Å². The lowest BCUT2D eigenvalue weighted by Crippen LogP contribution is -2.35. The fraction of sp³-hybridized carbons (Fsp3) is 0.455. The van der Waals surface area contributed by atoms with E-state index in [1.165, 1.54) is 19.2 Å². The van der Waals surface area contributed by atoms with Gasteiger partial charge >= 0.3 is 0 Å². The minimum Gasteiger partial charge on any atom is -0.392 e. The summed E-state index contributed by atoms with van der Waals surface area (Å²) in [5.41, 5.74) is 0.485. The van der Waals surface area contributed by atoms with Crippen molar-refractivity contribution in [3.63, 3.8) is 0 Å². The molecule has 0 radical (unpaired) electrons. The number of hydrogen-bond donors (Lipinski definition) is 2. The van der Waals surface area contributed by atoms with Gasteiger partial charge in [-0.25, -0.2) is 13.1 Å². The van der Waals surface area contributed by atoms with Crippen molar-refractivity contribution in [1.82, 2.24) is 4.72 Å². The van der Waals surface area contributed by atoms with E-state index in [1.807, 2.05) is 0 Å². The summed E-state index contributed by atoms with van der Waals surface area (Å²) in [6.45, 7) is 1.70. The monoisotopic (exact) mass is 293 g/mol. The first-order valence-corrected chi connectivity index (χ1v) is 7.17. The number of ether oxygens (including phenoxy) is 1. The van der Waals surface area contributed by atoms with Crippen molar-refractivity contribution >= 4 is 21.6 Å². The average Bonchev–Trinajstić information content (AvgIpc) is 2.29. The Balaban J connectivity index is 3.04. The number of nitrogens with one attached hydrogen (secondary N) is 1. The fourth-order valence-electron chi connectivity index (χ4n) is 1.46. The summed E-state index contributed by atoms with van der Waals surface area (Å²) in [6, 6.07) is 4.00. The van der Waals surface area contributed by atoms with Gasteiger partial charge in [0, 0.05) is 13.2 Å². The zero-order valence-corrected chi connectivity index (χ0v) is 11.8. The first-order valence-electron chi connectivity index (χ1n) is 5.31. The second-order valence-corrected chi connectivity index (χ2v) is 5.99. The first-order chi connectivity index (χ1) is 8.40. The van der Waals surface area contributed by atoms with Crippen molar-refractivity contribution in [3.05, 3.63) is 28.8 Å². The van der Waals surface area contributed by atoms with Crippen LogP contribution in [0.15, 0.2) is 23.1 Å². The molecule has 0 bridgehead atoms. The number of aliphatic hydroxyl groups is 1. The molecule has 0 aliphatic heterocycles. The zero-order valence-electron chi connectivity index (χ0n) is 10.2. The molecule has 0 amide bonds. The third-order valence-corrected chi connectivity index (χ3v) is 4.31. The Morgan fingerprint density at radius 1 is 1.50 bits per heavy atom. The van der Waals surface area contributed by atoms with E-state index < -0.39 is 10.0 Å². The Hall–Kier alpha value is -0.660. The molecule has 2 N–H and O–H groups in total. The minimum atomic E-state index is -3.72. The van der Waals surface area contributed by atoms with Gasteiger partial charge < -0.3 is 9.84 Å². The SMILES string of the molecule is COCC(C)NS(=O)(=O)c1cc(CO)ccc1Cl. The largest absolute Gasteiger partial charge is 0.392 e. The lowest BCUT2D eigenvalue weighted by molar-refractivity contribution is 0.180. The molecule has 18 heavy (non-hydrogen) atoms. The molecule has 0 aliphatic carbocycles. The predicted octanol–water partition coefficient (Wildman–Crippen LogP) is 1.15. The number of methoxy groups -OCH3 is 1. The third-order valence-electron chi connectivity index (χ3n) is 2.24. The topological polar surface area (TPSA) is 75.6 Å². The number of halogens is 1. The van der Waals surface area contributed by atoms with E-state index in [0.717, 1.165) is 0 Å². The van der Waals surface area contributed by atoms with Crippen LogP contribution in [0, 0.1) is 0 Å². The Morgan fingerprint density at radius 3 is 2.72 bits per heavy atom. The molecular weight excluding hydrogens is 278 g/mol. The highest BCUT2D eigenvalue weighted by Gasteiger charge is 2.20. The van der Waals surface area contributed by atoms with E-state index in [0.29, 0.717) is 5.56 Å². The van der Waals surface area contributed by atoms with Crippen LogP contribution >= 0.6 is 11.6 Å². The summed E-state index contributed by atoms with van der Waals surface area (Å²) in [4.78, 5) is -0.0429. The summed E-state index contributed by atoms with van der Waals surface area (Å²) in [5, 5.41) is 9.12. The highest BCUT2D eigenvalue weighted by Crippen LogP contribution is 2.22. The van der Waals surface area contributed by atoms with Crippen LogP contribution in [0.1, 0.15) is 12.5 Å². The van der Waals surface area contributed by atoms with Gasteiger partial charge in [0.2, 0.25) is 10.0 Å². The van der Waals surface area contributed by atoms with E-state index in [2.05, 4.69) is 4.72 Å². The molecule has 0 aliphatic rings. The van der Waals surface area contributed by atoms with Gasteiger partial charge in [-0.3, -0.25) is 0 Å². The van der Waals surface area contributed by atoms with Crippen LogP contribution in [-0.2, 0) is 21.4 Å². The van der Waals surface area contributed by atoms with Gasteiger partial charge in [-0.1, -0.05) is 17.7 Å². The molecule has 7 heteroatoms. The van der Waals surface area contributed by atoms with E-state index >= 15 is 0 Å². The van der Waals surface area contributed by atoms with Crippen molar-refractivity contribution in [2.24, 2.45) is 0 Å². The maximum Gasteiger partial charge on any atom is 0.242 e. The zero-order chi connectivity index (χ0) is 13.8. The Kier molecular flexibility index (Phi) is 5.55. The van der Waals surface area contributed by atoms with Gasteiger partial charge in [0.25, 0.3) is 0 Å². The van der Waals surface area contributed by atoms with Gasteiger partial charge in [0.1, 0.15) is 4.90 Å². The van der Waals surface area contributed by atoms with Crippen molar-refractivity contribution in [1.29, 1.82) is 0 Å². The molecule has 0 saturated carbocycles. The van der Waals surface area contributed by atoms with Crippen molar-refractivity contribution < 1.29 is 18.3 Å². The van der Waals surface area contributed by atoms with E-state index in [4.69, 9.17) is 21.4 Å². The molecule has 102 valence electrons. The van der Waals surface area contributed by atoms with Crippen LogP contribution in [-0.4, -0.2) is 33.3 Å². The summed E-state index contributed by atoms with van der Waals surface area (Å²) in [5.74, 6) is 0. The van der Waals surface area contributed by atoms with Crippen LogP contribution in [0.4, 0.5) is 0 Å². The van der Waals surface area contributed by atoms with Crippen LogP contribution in [0.25, 0.3) is 0 Å². The lowest BCUT2D eigenvalue weighted by atomic mass is 10.2. The van der Waals surface area contributed by atoms with Crippen molar-refractivity contribution in [2.45, 2.75) is 24.5 Å². The molecule has 1 rings (SSSR count). The van der Waals surface area contributed by atoms with E-state index in [9.17, 15) is 8.42 Å². The van der Waals surface area contributed by atoms with E-state index in [1.54, 1.807) is 13.0 Å². The van der Waals surface area contributed by atoms with Gasteiger partial charge in [0.05, 0.1) is 18.2 Å². The number of aliphatic hydroxyl groups excluding tert-OH is 1. The van der Waals surface area contributed by atoms with Crippen LogP contribution < -0.4 is 4.72 Å². The van der Waals surface area contributed by atoms with Crippen molar-refractivity contribution in [2.75, 3.05) is 13.7 Å². The molecule has 0 aromatic heterocycles. The van der Waals surface area contributed by atoms with E-state index in [-0.39, 0.29) is 29.2 Å². The van der Waals surface area contributed by atoms with Gasteiger partial charge in [-0.05, 0) is 24.6 Å². The number of benzene rings is 1. The predicted molar refractivity (Wildman–Crippen MR) is 69.0 cm³/mol. The Morgan fingerprint density at radius 2 is 2.17 bits per heavy atom. The maximum atomic E-state index is 12.1. The fourth-order valence-corrected chi connectivity index (χ4v) is 3.24. The molecule has 1 unspecified atom stereocenters. The highest BCUT2D eigenvalue weighted by molar-refractivity contribution is 7.89. The molecule has 0 heterocycles. The molecule has 0 fully saturated rings. The molecular formula is C11H16ClNO4S. The molecule has 5 nitrogen and oxygen atoms in total. The summed E-state index contributed by atoms with van der Waals surface area (Å²) in [7, 11) is -2.23. The smallest absolute Gasteiger partial charge is 0.242 e. The Bertz CT molecular complexity index is 504. The molecule has 0 spiro atoms. The van der Waals surface area contributed by atoms with Gasteiger partial charge in [-0.2, -0.15) is 0 Å².